The Morgan fingerprint density at radius 2 is 2.10 bits per heavy atom. The number of aryl methyl sites for hydroxylation is 1. The third kappa shape index (κ3) is 3.14. The lowest BCUT2D eigenvalue weighted by Gasteiger charge is -2.02. The van der Waals surface area contributed by atoms with E-state index < -0.39 is 0 Å². The van der Waals surface area contributed by atoms with Crippen molar-refractivity contribution in [3.63, 3.8) is 0 Å². The first-order valence-corrected chi connectivity index (χ1v) is 6.75. The van der Waals surface area contributed by atoms with Crippen molar-refractivity contribution in [2.75, 3.05) is 5.73 Å². The number of nitrogens with one attached hydrogen (secondary N) is 1. The molecule has 1 fully saturated rings. The highest BCUT2D eigenvalue weighted by Crippen LogP contribution is 2.19. The van der Waals surface area contributed by atoms with E-state index in [9.17, 15) is 4.79 Å². The molecule has 6 nitrogen and oxygen atoms in total. The first-order chi connectivity index (χ1) is 9.70. The van der Waals surface area contributed by atoms with Crippen LogP contribution in [0.4, 0.5) is 5.69 Å². The van der Waals surface area contributed by atoms with E-state index in [1.54, 1.807) is 11.0 Å². The van der Waals surface area contributed by atoms with Crippen LogP contribution in [0.1, 0.15) is 19.3 Å². The number of hydrogen-bond acceptors (Lipinski definition) is 4. The molecule has 6 heteroatoms. The maximum atomic E-state index is 11.6. The van der Waals surface area contributed by atoms with Gasteiger partial charge >= 0.3 is 0 Å². The predicted molar refractivity (Wildman–Crippen MR) is 75.7 cm³/mol. The summed E-state index contributed by atoms with van der Waals surface area (Å²) in [7, 11) is 0. The van der Waals surface area contributed by atoms with E-state index in [-0.39, 0.29) is 5.91 Å². The highest BCUT2D eigenvalue weighted by molar-refractivity contribution is 5.76. The van der Waals surface area contributed by atoms with Gasteiger partial charge in [0.15, 0.2) is 5.82 Å². The molecule has 1 saturated carbocycles. The molecule has 1 aliphatic rings. The number of carbonyl (C=O) groups is 1. The number of aromatic nitrogens is 3. The predicted octanol–water partition coefficient (Wildman–Crippen LogP) is 1.20. The largest absolute Gasteiger partial charge is 0.399 e. The molecule has 0 atom stereocenters. The van der Waals surface area contributed by atoms with Gasteiger partial charge in [-0.2, -0.15) is 5.10 Å². The van der Waals surface area contributed by atoms with Crippen molar-refractivity contribution in [1.82, 2.24) is 20.1 Å². The van der Waals surface area contributed by atoms with Crippen molar-refractivity contribution in [3.8, 4) is 11.4 Å². The van der Waals surface area contributed by atoms with Gasteiger partial charge < -0.3 is 11.1 Å². The van der Waals surface area contributed by atoms with Gasteiger partial charge in [0.05, 0.1) is 6.54 Å². The van der Waals surface area contributed by atoms with E-state index in [0.29, 0.717) is 30.5 Å². The molecule has 1 aromatic heterocycles. The van der Waals surface area contributed by atoms with Crippen molar-refractivity contribution in [1.29, 1.82) is 0 Å². The van der Waals surface area contributed by atoms with Crippen LogP contribution in [-0.4, -0.2) is 26.7 Å². The Balaban J connectivity index is 1.58. The second kappa shape index (κ2) is 5.32. The molecule has 1 aliphatic carbocycles. The lowest BCUT2D eigenvalue weighted by molar-refractivity contribution is -0.121. The van der Waals surface area contributed by atoms with E-state index in [1.807, 2.05) is 24.3 Å². The molecular weight excluding hydrogens is 254 g/mol. The van der Waals surface area contributed by atoms with Gasteiger partial charge in [0.2, 0.25) is 5.91 Å². The van der Waals surface area contributed by atoms with Crippen molar-refractivity contribution >= 4 is 11.6 Å². The summed E-state index contributed by atoms with van der Waals surface area (Å²) >= 11 is 0. The Bertz CT molecular complexity index is 600. The van der Waals surface area contributed by atoms with Crippen LogP contribution in [0.5, 0.6) is 0 Å². The number of nitrogens with two attached hydrogens (primary N) is 1. The number of carbonyl (C=O) groups excluding carboxylic acids is 1. The van der Waals surface area contributed by atoms with Crippen LogP contribution in [0, 0.1) is 0 Å². The van der Waals surface area contributed by atoms with E-state index in [0.717, 1.165) is 18.4 Å². The number of nitrogen functional groups attached to an aromatic ring is 1. The molecule has 1 amide bonds. The Hall–Kier alpha value is -2.37. The topological polar surface area (TPSA) is 85.8 Å². The SMILES string of the molecule is Nc1ccc(-c2ncn(CCC(=O)NC3CC3)n2)cc1. The average molecular weight is 271 g/mol. The van der Waals surface area contributed by atoms with E-state index in [1.165, 1.54) is 0 Å². The number of hydrogen-bond donors (Lipinski definition) is 2. The molecule has 20 heavy (non-hydrogen) atoms. The standard InChI is InChI=1S/C14H17N5O/c15-11-3-1-10(2-4-11)14-16-9-19(18-14)8-7-13(20)17-12-5-6-12/h1-4,9,12H,5-8,15H2,(H,17,20). The number of rotatable bonds is 5. The lowest BCUT2D eigenvalue weighted by Crippen LogP contribution is -2.26. The first kappa shape index (κ1) is 12.7. The summed E-state index contributed by atoms with van der Waals surface area (Å²) in [4.78, 5) is 15.8. The first-order valence-electron chi connectivity index (χ1n) is 6.75. The van der Waals surface area contributed by atoms with Gasteiger partial charge in [-0.05, 0) is 37.1 Å². The highest BCUT2D eigenvalue weighted by Gasteiger charge is 2.22. The molecule has 0 bridgehead atoms. The minimum Gasteiger partial charge on any atom is -0.399 e. The van der Waals surface area contributed by atoms with Gasteiger partial charge in [-0.1, -0.05) is 0 Å². The van der Waals surface area contributed by atoms with Gasteiger partial charge in [0.1, 0.15) is 6.33 Å². The van der Waals surface area contributed by atoms with Crippen LogP contribution in [-0.2, 0) is 11.3 Å². The zero-order valence-electron chi connectivity index (χ0n) is 11.1. The fraction of sp³-hybridized carbons (Fsp3) is 0.357. The number of nitrogens with zero attached hydrogens (tertiary/aromatic N) is 3. The minimum absolute atomic E-state index is 0.0806. The molecule has 3 N–H and O–H groups in total. The third-order valence-corrected chi connectivity index (χ3v) is 3.22. The van der Waals surface area contributed by atoms with Crippen molar-refractivity contribution in [2.24, 2.45) is 0 Å². The number of benzene rings is 1. The molecule has 1 heterocycles. The molecule has 0 saturated heterocycles. The summed E-state index contributed by atoms with van der Waals surface area (Å²) in [6.45, 7) is 0.542. The van der Waals surface area contributed by atoms with Crippen LogP contribution < -0.4 is 11.1 Å². The van der Waals surface area contributed by atoms with Crippen LogP contribution in [0.3, 0.4) is 0 Å². The summed E-state index contributed by atoms with van der Waals surface area (Å²) in [5.74, 6) is 0.727. The third-order valence-electron chi connectivity index (χ3n) is 3.22. The molecule has 0 radical (unpaired) electrons. The zero-order chi connectivity index (χ0) is 13.9. The quantitative estimate of drug-likeness (QED) is 0.800. The highest BCUT2D eigenvalue weighted by atomic mass is 16.1. The summed E-state index contributed by atoms with van der Waals surface area (Å²) in [6, 6.07) is 7.81. The van der Waals surface area contributed by atoms with Crippen LogP contribution >= 0.6 is 0 Å². The summed E-state index contributed by atoms with van der Waals surface area (Å²) in [5, 5.41) is 7.32. The molecule has 0 aliphatic heterocycles. The molecule has 2 aromatic rings. The molecular formula is C14H17N5O. The Morgan fingerprint density at radius 1 is 1.35 bits per heavy atom. The van der Waals surface area contributed by atoms with Gasteiger partial charge in [-0.15, -0.1) is 0 Å². The van der Waals surface area contributed by atoms with Crippen molar-refractivity contribution in [3.05, 3.63) is 30.6 Å². The van der Waals surface area contributed by atoms with Crippen LogP contribution in [0.2, 0.25) is 0 Å². The Morgan fingerprint density at radius 3 is 2.80 bits per heavy atom. The van der Waals surface area contributed by atoms with E-state index in [4.69, 9.17) is 5.73 Å². The average Bonchev–Trinajstić information content (AvgIpc) is 3.12. The van der Waals surface area contributed by atoms with Gasteiger partial charge in [-0.3, -0.25) is 9.48 Å². The maximum Gasteiger partial charge on any atom is 0.222 e. The fourth-order valence-electron chi connectivity index (χ4n) is 1.91. The van der Waals surface area contributed by atoms with Gasteiger partial charge in [-0.25, -0.2) is 4.98 Å². The van der Waals surface area contributed by atoms with Crippen LogP contribution in [0.15, 0.2) is 30.6 Å². The van der Waals surface area contributed by atoms with Crippen molar-refractivity contribution < 1.29 is 4.79 Å². The number of amides is 1. The number of anilines is 1. The van der Waals surface area contributed by atoms with Crippen LogP contribution in [0.25, 0.3) is 11.4 Å². The lowest BCUT2D eigenvalue weighted by atomic mass is 10.2. The van der Waals surface area contributed by atoms with E-state index >= 15 is 0 Å². The molecule has 0 spiro atoms. The fourth-order valence-corrected chi connectivity index (χ4v) is 1.91. The molecule has 1 aromatic carbocycles. The van der Waals surface area contributed by atoms with Crippen molar-refractivity contribution in [2.45, 2.75) is 31.8 Å². The second-order valence-corrected chi connectivity index (χ2v) is 5.05. The monoisotopic (exact) mass is 271 g/mol. The van der Waals surface area contributed by atoms with Gasteiger partial charge in [0.25, 0.3) is 0 Å². The smallest absolute Gasteiger partial charge is 0.222 e. The summed E-state index contributed by atoms with van der Waals surface area (Å²) in [5.41, 5.74) is 7.28. The minimum atomic E-state index is 0.0806. The Kier molecular flexibility index (Phi) is 3.37. The zero-order valence-corrected chi connectivity index (χ0v) is 11.1. The van der Waals surface area contributed by atoms with E-state index in [2.05, 4.69) is 15.4 Å². The molecule has 0 unspecified atom stereocenters. The normalized spacial score (nSPS) is 14.2. The van der Waals surface area contributed by atoms with Gasteiger partial charge in [0, 0.05) is 23.7 Å². The Labute approximate surface area is 117 Å². The summed E-state index contributed by atoms with van der Waals surface area (Å²) in [6.07, 6.45) is 4.30. The summed E-state index contributed by atoms with van der Waals surface area (Å²) < 4.78 is 1.69. The second-order valence-electron chi connectivity index (χ2n) is 5.05. The molecule has 104 valence electrons. The molecule has 3 rings (SSSR count). The maximum absolute atomic E-state index is 11.6.